The van der Waals surface area contributed by atoms with E-state index in [9.17, 15) is 13.3 Å². The summed E-state index contributed by atoms with van der Waals surface area (Å²) in [5, 5.41) is 0. The molecule has 0 aliphatic carbocycles. The Bertz CT molecular complexity index is 560. The molecule has 0 radical (unpaired) electrons. The molecule has 1 rings (SSSR count). The van der Waals surface area contributed by atoms with E-state index in [4.69, 9.17) is 11.3 Å². The molecular formula is C16H22F2N2O2S. The monoisotopic (exact) mass is 344 g/mol. The second-order valence-electron chi connectivity index (χ2n) is 6.29. The lowest BCUT2D eigenvalue weighted by atomic mass is 9.88. The van der Waals surface area contributed by atoms with E-state index in [0.717, 1.165) is 0 Å². The topological polar surface area (TPSA) is 48.7 Å². The Hall–Kier alpha value is -1.20. The van der Waals surface area contributed by atoms with Gasteiger partial charge in [-0.15, -0.1) is 4.72 Å². The number of alkyl halides is 1. The number of halogens is 2. The van der Waals surface area contributed by atoms with E-state index < -0.39 is 40.2 Å². The van der Waals surface area contributed by atoms with Crippen molar-refractivity contribution in [2.24, 2.45) is 0 Å². The summed E-state index contributed by atoms with van der Waals surface area (Å²) in [6.45, 7) is 12.6. The zero-order chi connectivity index (χ0) is 17.7. The minimum Gasteiger partial charge on any atom is -0.598 e. The number of hydrogen-bond donors (Lipinski definition) is 1. The molecule has 0 saturated heterocycles. The van der Waals surface area contributed by atoms with Gasteiger partial charge in [-0.05, 0) is 33.8 Å². The number of hydrogen-bond acceptors (Lipinski definition) is 3. The Balaban J connectivity index is 3.15. The number of nitrogens with one attached hydrogen (secondary N) is 1. The minimum absolute atomic E-state index is 0.0662. The molecule has 0 fully saturated rings. The van der Waals surface area contributed by atoms with Crippen molar-refractivity contribution in [1.82, 2.24) is 4.72 Å². The Labute approximate surface area is 139 Å². The third-order valence-electron chi connectivity index (χ3n) is 3.34. The lowest BCUT2D eigenvalue weighted by Gasteiger charge is -2.37. The fourth-order valence-corrected chi connectivity index (χ4v) is 2.81. The van der Waals surface area contributed by atoms with Crippen LogP contribution in [0.1, 0.15) is 33.3 Å². The van der Waals surface area contributed by atoms with E-state index in [-0.39, 0.29) is 12.3 Å². The summed E-state index contributed by atoms with van der Waals surface area (Å²) >= 11 is -1.62. The molecule has 0 aliphatic rings. The van der Waals surface area contributed by atoms with E-state index in [0.29, 0.717) is 0 Å². The predicted molar refractivity (Wildman–Crippen MR) is 87.1 cm³/mol. The fraction of sp³-hybridized carbons (Fsp3) is 0.562. The van der Waals surface area contributed by atoms with Crippen molar-refractivity contribution in [2.45, 2.75) is 44.2 Å². The van der Waals surface area contributed by atoms with E-state index in [1.54, 1.807) is 26.8 Å². The van der Waals surface area contributed by atoms with Crippen LogP contribution in [0.15, 0.2) is 24.3 Å². The van der Waals surface area contributed by atoms with Crippen LogP contribution in [0.2, 0.25) is 0 Å². The molecule has 0 spiro atoms. The quantitative estimate of drug-likeness (QED) is 0.469. The third-order valence-corrected chi connectivity index (χ3v) is 5.06. The molecule has 3 atom stereocenters. The average molecular weight is 344 g/mol. The summed E-state index contributed by atoms with van der Waals surface area (Å²) in [4.78, 5) is 2.99. The second kappa shape index (κ2) is 8.06. The summed E-state index contributed by atoms with van der Waals surface area (Å²) in [7, 11) is 0. The largest absolute Gasteiger partial charge is 0.598 e. The highest BCUT2D eigenvalue weighted by Crippen LogP contribution is 2.32. The summed E-state index contributed by atoms with van der Waals surface area (Å²) < 4.78 is 48.4. The lowest BCUT2D eigenvalue weighted by molar-refractivity contribution is 0.0534. The van der Waals surface area contributed by atoms with Gasteiger partial charge in [0.1, 0.15) is 22.3 Å². The van der Waals surface area contributed by atoms with E-state index in [2.05, 4.69) is 9.57 Å². The summed E-state index contributed by atoms with van der Waals surface area (Å²) in [6, 6.07) is 5.76. The van der Waals surface area contributed by atoms with Crippen LogP contribution in [0.25, 0.3) is 4.85 Å². The molecule has 1 aromatic carbocycles. The van der Waals surface area contributed by atoms with Crippen LogP contribution < -0.4 is 4.72 Å². The normalized spacial score (nSPS) is 17.1. The first-order valence-corrected chi connectivity index (χ1v) is 8.27. The first-order valence-electron chi connectivity index (χ1n) is 7.12. The molecule has 0 saturated carbocycles. The smallest absolute Gasteiger partial charge is 0.318 e. The summed E-state index contributed by atoms with van der Waals surface area (Å²) in [5.41, 5.74) is -1.48. The maximum Gasteiger partial charge on any atom is 0.318 e. The van der Waals surface area contributed by atoms with E-state index in [1.807, 2.05) is 0 Å². The van der Waals surface area contributed by atoms with Gasteiger partial charge in [-0.1, -0.05) is 18.2 Å². The third kappa shape index (κ3) is 5.15. The number of nitrogens with zero attached hydrogens (tertiary/aromatic N) is 1. The maximum atomic E-state index is 14.8. The molecular weight excluding hydrogens is 322 g/mol. The molecule has 1 N–H and O–H groups in total. The van der Waals surface area contributed by atoms with Crippen molar-refractivity contribution in [3.63, 3.8) is 0 Å². The lowest BCUT2D eigenvalue weighted by Crippen LogP contribution is -2.56. The van der Waals surface area contributed by atoms with Crippen LogP contribution in [0.5, 0.6) is 0 Å². The highest BCUT2D eigenvalue weighted by Gasteiger charge is 2.45. The molecule has 7 heteroatoms. The van der Waals surface area contributed by atoms with Gasteiger partial charge in [0, 0.05) is 16.9 Å². The second-order valence-corrected chi connectivity index (χ2v) is 8.26. The van der Waals surface area contributed by atoms with Crippen LogP contribution in [0.3, 0.4) is 0 Å². The van der Waals surface area contributed by atoms with Gasteiger partial charge in [0.2, 0.25) is 0 Å². The van der Waals surface area contributed by atoms with Crippen molar-refractivity contribution >= 4 is 11.4 Å². The molecule has 23 heavy (non-hydrogen) atoms. The zero-order valence-electron chi connectivity index (χ0n) is 13.7. The molecule has 0 amide bonds. The average Bonchev–Trinajstić information content (AvgIpc) is 2.46. The number of benzene rings is 1. The highest BCUT2D eigenvalue weighted by molar-refractivity contribution is 7.90. The fourth-order valence-electron chi connectivity index (χ4n) is 1.88. The first kappa shape index (κ1) is 19.8. The highest BCUT2D eigenvalue weighted by atomic mass is 32.2. The Kier molecular flexibility index (Phi) is 6.96. The molecule has 0 bridgehead atoms. The molecule has 4 nitrogen and oxygen atoms in total. The van der Waals surface area contributed by atoms with Crippen molar-refractivity contribution in [2.75, 3.05) is 13.3 Å². The van der Waals surface area contributed by atoms with Crippen LogP contribution in [-0.2, 0) is 21.6 Å². The van der Waals surface area contributed by atoms with Crippen LogP contribution in [0, 0.1) is 12.4 Å². The van der Waals surface area contributed by atoms with Crippen LogP contribution in [-0.4, -0.2) is 28.8 Å². The molecule has 0 aromatic heterocycles. The van der Waals surface area contributed by atoms with Crippen molar-refractivity contribution in [1.29, 1.82) is 0 Å². The van der Waals surface area contributed by atoms with Gasteiger partial charge in [0.05, 0.1) is 6.61 Å². The van der Waals surface area contributed by atoms with Crippen molar-refractivity contribution < 1.29 is 18.1 Å². The molecule has 0 heterocycles. The van der Waals surface area contributed by atoms with Gasteiger partial charge in [-0.25, -0.2) is 15.4 Å². The SMILES string of the molecule is [C-]#[N+]COC[C@H](F)[C@](C)(N[S+]([O-])C(C)(C)C)c1ccccc1F. The first-order chi connectivity index (χ1) is 10.6. The van der Waals surface area contributed by atoms with Gasteiger partial charge >= 0.3 is 6.73 Å². The van der Waals surface area contributed by atoms with E-state index in [1.165, 1.54) is 25.1 Å². The Morgan fingerprint density at radius 1 is 1.35 bits per heavy atom. The zero-order valence-corrected chi connectivity index (χ0v) is 14.5. The number of rotatable bonds is 7. The van der Waals surface area contributed by atoms with Crippen LogP contribution in [0.4, 0.5) is 8.78 Å². The van der Waals surface area contributed by atoms with Gasteiger partial charge < -0.3 is 9.29 Å². The summed E-state index contributed by atoms with van der Waals surface area (Å²) in [5.74, 6) is -0.596. The summed E-state index contributed by atoms with van der Waals surface area (Å²) in [6.07, 6.45) is -1.69. The van der Waals surface area contributed by atoms with Gasteiger partial charge in [-0.3, -0.25) is 4.85 Å². The predicted octanol–water partition coefficient (Wildman–Crippen LogP) is 3.32. The minimum atomic E-state index is -1.69. The molecule has 0 aliphatic heterocycles. The maximum absolute atomic E-state index is 14.8. The van der Waals surface area contributed by atoms with Gasteiger partial charge in [0.25, 0.3) is 0 Å². The Morgan fingerprint density at radius 2 is 1.96 bits per heavy atom. The van der Waals surface area contributed by atoms with Crippen LogP contribution >= 0.6 is 0 Å². The van der Waals surface area contributed by atoms with Gasteiger partial charge in [-0.2, -0.15) is 0 Å². The molecule has 128 valence electrons. The van der Waals surface area contributed by atoms with E-state index >= 15 is 0 Å². The molecule has 1 aromatic rings. The molecule has 1 unspecified atom stereocenters. The van der Waals surface area contributed by atoms with Crippen molar-refractivity contribution in [3.05, 3.63) is 47.1 Å². The standard InChI is InChI=1S/C16H22F2N2O2S/c1-15(2,3)23(21)20-16(4,14(18)10-22-11-19-5)12-8-6-7-9-13(12)17/h6-9,14,20H,10-11H2,1-4H3/t14-,16+,23?/m0/s1. The van der Waals surface area contributed by atoms with Crippen molar-refractivity contribution in [3.8, 4) is 0 Å². The number of ether oxygens (including phenoxy) is 1. The Morgan fingerprint density at radius 3 is 2.48 bits per heavy atom. The van der Waals surface area contributed by atoms with Gasteiger partial charge in [0.15, 0.2) is 0 Å².